The Labute approximate surface area is 130 Å². The summed E-state index contributed by atoms with van der Waals surface area (Å²) >= 11 is 1.67. The van der Waals surface area contributed by atoms with Crippen molar-refractivity contribution in [1.82, 2.24) is 9.80 Å². The summed E-state index contributed by atoms with van der Waals surface area (Å²) < 4.78 is 0. The van der Waals surface area contributed by atoms with Crippen LogP contribution in [-0.4, -0.2) is 49.4 Å². The molecule has 0 bridgehead atoms. The van der Waals surface area contributed by atoms with E-state index in [0.717, 1.165) is 30.8 Å². The number of hydrogen-bond donors (Lipinski definition) is 0. The molecule has 0 N–H and O–H groups in total. The van der Waals surface area contributed by atoms with Gasteiger partial charge >= 0.3 is 0 Å². The maximum atomic E-state index is 12.5. The molecule has 0 spiro atoms. The zero-order valence-electron chi connectivity index (χ0n) is 12.9. The number of nitrogens with zero attached hydrogens (tertiary/aromatic N) is 2. The lowest BCUT2D eigenvalue weighted by molar-refractivity contribution is 0.0783. The lowest BCUT2D eigenvalue weighted by Gasteiger charge is -2.21. The van der Waals surface area contributed by atoms with Gasteiger partial charge in [0.15, 0.2) is 0 Å². The van der Waals surface area contributed by atoms with E-state index in [9.17, 15) is 4.79 Å². The summed E-state index contributed by atoms with van der Waals surface area (Å²) in [4.78, 5) is 16.5. The van der Waals surface area contributed by atoms with Crippen LogP contribution in [0.4, 0.5) is 0 Å². The minimum absolute atomic E-state index is 0.0802. The van der Waals surface area contributed by atoms with E-state index in [1.165, 1.54) is 5.56 Å². The molecule has 112 valence electrons. The second-order valence-corrected chi connectivity index (χ2v) is 6.00. The molecular weight excluding hydrogens is 280 g/mol. The lowest BCUT2D eigenvalue weighted by atomic mass is 10.1. The fourth-order valence-electron chi connectivity index (χ4n) is 2.06. The van der Waals surface area contributed by atoms with Gasteiger partial charge in [-0.3, -0.25) is 4.79 Å². The van der Waals surface area contributed by atoms with Crippen LogP contribution in [0.3, 0.4) is 0 Å². The van der Waals surface area contributed by atoms with Gasteiger partial charge in [0, 0.05) is 25.7 Å². The maximum absolute atomic E-state index is 12.5. The molecular formula is C17H22N2OS. The summed E-state index contributed by atoms with van der Waals surface area (Å²) in [6, 6.07) is 9.94. The zero-order valence-corrected chi connectivity index (χ0v) is 13.7. The Kier molecular flexibility index (Phi) is 5.53. The van der Waals surface area contributed by atoms with Gasteiger partial charge in [-0.05, 0) is 53.7 Å². The van der Waals surface area contributed by atoms with Gasteiger partial charge in [-0.15, -0.1) is 0 Å². The van der Waals surface area contributed by atoms with Gasteiger partial charge in [-0.25, -0.2) is 0 Å². The molecule has 21 heavy (non-hydrogen) atoms. The van der Waals surface area contributed by atoms with Crippen LogP contribution in [0.5, 0.6) is 0 Å². The molecule has 0 aliphatic heterocycles. The number of benzene rings is 1. The molecule has 1 aromatic carbocycles. The van der Waals surface area contributed by atoms with Crippen molar-refractivity contribution < 1.29 is 4.79 Å². The van der Waals surface area contributed by atoms with Crippen molar-refractivity contribution in [2.24, 2.45) is 0 Å². The molecule has 0 saturated heterocycles. The van der Waals surface area contributed by atoms with E-state index in [2.05, 4.69) is 35.7 Å². The molecule has 0 fully saturated rings. The number of rotatable bonds is 6. The molecule has 0 aliphatic rings. The molecule has 0 atom stereocenters. The van der Waals surface area contributed by atoms with Gasteiger partial charge in [0.2, 0.25) is 0 Å². The highest BCUT2D eigenvalue weighted by molar-refractivity contribution is 7.08. The second-order valence-electron chi connectivity index (χ2n) is 5.22. The van der Waals surface area contributed by atoms with Crippen LogP contribution < -0.4 is 0 Å². The highest BCUT2D eigenvalue weighted by atomic mass is 32.1. The molecule has 2 rings (SSSR count). The van der Waals surface area contributed by atoms with Crippen LogP contribution in [0.25, 0.3) is 11.1 Å². The van der Waals surface area contributed by atoms with Gasteiger partial charge in [-0.1, -0.05) is 19.1 Å². The Morgan fingerprint density at radius 3 is 2.62 bits per heavy atom. The van der Waals surface area contributed by atoms with Crippen molar-refractivity contribution in [1.29, 1.82) is 0 Å². The first kappa shape index (κ1) is 15.7. The average molecular weight is 302 g/mol. The molecule has 4 heteroatoms. The third kappa shape index (κ3) is 4.16. The van der Waals surface area contributed by atoms with Gasteiger partial charge in [-0.2, -0.15) is 11.3 Å². The number of carbonyl (C=O) groups is 1. The van der Waals surface area contributed by atoms with Crippen LogP contribution in [0.2, 0.25) is 0 Å². The summed E-state index contributed by atoms with van der Waals surface area (Å²) in [7, 11) is 3.93. The monoisotopic (exact) mass is 302 g/mol. The standard InChI is InChI=1S/C17H22N2OS/c1-4-18(2)9-10-19(3)17(20)15-7-5-6-14(12-15)16-8-11-21-13-16/h5-8,11-13H,4,9-10H2,1-3H3. The molecule has 1 aromatic heterocycles. The smallest absolute Gasteiger partial charge is 0.253 e. The normalized spacial score (nSPS) is 10.9. The van der Waals surface area contributed by atoms with E-state index in [0.29, 0.717) is 0 Å². The molecule has 0 saturated carbocycles. The van der Waals surface area contributed by atoms with E-state index in [1.807, 2.05) is 31.3 Å². The highest BCUT2D eigenvalue weighted by Crippen LogP contribution is 2.23. The average Bonchev–Trinajstić information content (AvgIpc) is 3.06. The SMILES string of the molecule is CCN(C)CCN(C)C(=O)c1cccc(-c2ccsc2)c1. The topological polar surface area (TPSA) is 23.6 Å². The number of amides is 1. The Hall–Kier alpha value is -1.65. The van der Waals surface area contributed by atoms with Crippen LogP contribution in [-0.2, 0) is 0 Å². The number of thiophene rings is 1. The fraction of sp³-hybridized carbons (Fsp3) is 0.353. The molecule has 0 unspecified atom stereocenters. The Morgan fingerprint density at radius 2 is 1.95 bits per heavy atom. The van der Waals surface area contributed by atoms with Crippen molar-refractivity contribution in [2.75, 3.05) is 33.7 Å². The van der Waals surface area contributed by atoms with E-state index >= 15 is 0 Å². The zero-order chi connectivity index (χ0) is 15.2. The third-order valence-electron chi connectivity index (χ3n) is 3.67. The minimum Gasteiger partial charge on any atom is -0.340 e. The van der Waals surface area contributed by atoms with Gasteiger partial charge in [0.1, 0.15) is 0 Å². The molecule has 1 amide bonds. The van der Waals surface area contributed by atoms with Crippen LogP contribution >= 0.6 is 11.3 Å². The maximum Gasteiger partial charge on any atom is 0.253 e. The summed E-state index contributed by atoms with van der Waals surface area (Å²) in [5.74, 6) is 0.0802. The molecule has 0 aliphatic carbocycles. The summed E-state index contributed by atoms with van der Waals surface area (Å²) in [6.07, 6.45) is 0. The third-order valence-corrected chi connectivity index (χ3v) is 4.35. The predicted octanol–water partition coefficient (Wildman–Crippen LogP) is 3.44. The van der Waals surface area contributed by atoms with Gasteiger partial charge < -0.3 is 9.80 Å². The predicted molar refractivity (Wildman–Crippen MR) is 89.9 cm³/mol. The molecule has 0 radical (unpaired) electrons. The number of carbonyl (C=O) groups excluding carboxylic acids is 1. The summed E-state index contributed by atoms with van der Waals surface area (Å²) in [6.45, 7) is 4.75. The molecule has 2 aromatic rings. The Balaban J connectivity index is 2.07. The van der Waals surface area contributed by atoms with E-state index in [4.69, 9.17) is 0 Å². The van der Waals surface area contributed by atoms with Crippen molar-refractivity contribution >= 4 is 17.2 Å². The number of hydrogen-bond acceptors (Lipinski definition) is 3. The van der Waals surface area contributed by atoms with Crippen molar-refractivity contribution in [3.8, 4) is 11.1 Å². The first-order chi connectivity index (χ1) is 10.1. The van der Waals surface area contributed by atoms with E-state index in [-0.39, 0.29) is 5.91 Å². The second kappa shape index (κ2) is 7.38. The van der Waals surface area contributed by atoms with Crippen LogP contribution in [0.15, 0.2) is 41.1 Å². The van der Waals surface area contributed by atoms with E-state index < -0.39 is 0 Å². The van der Waals surface area contributed by atoms with E-state index in [1.54, 1.807) is 16.2 Å². The molecule has 1 heterocycles. The van der Waals surface area contributed by atoms with Crippen molar-refractivity contribution in [2.45, 2.75) is 6.92 Å². The van der Waals surface area contributed by atoms with Gasteiger partial charge in [0.25, 0.3) is 5.91 Å². The summed E-state index contributed by atoms with van der Waals surface area (Å²) in [5.41, 5.74) is 3.02. The largest absolute Gasteiger partial charge is 0.340 e. The summed E-state index contributed by atoms with van der Waals surface area (Å²) in [5, 5.41) is 4.15. The van der Waals surface area contributed by atoms with Gasteiger partial charge in [0.05, 0.1) is 0 Å². The first-order valence-electron chi connectivity index (χ1n) is 7.18. The quantitative estimate of drug-likeness (QED) is 0.816. The van der Waals surface area contributed by atoms with Crippen LogP contribution in [0, 0.1) is 0 Å². The lowest BCUT2D eigenvalue weighted by Crippen LogP contribution is -2.34. The minimum atomic E-state index is 0.0802. The number of likely N-dealkylation sites (N-methyl/N-ethyl adjacent to an activating group) is 2. The van der Waals surface area contributed by atoms with Crippen molar-refractivity contribution in [3.05, 3.63) is 46.7 Å². The Bertz CT molecular complexity index is 580. The van der Waals surface area contributed by atoms with Crippen molar-refractivity contribution in [3.63, 3.8) is 0 Å². The first-order valence-corrected chi connectivity index (χ1v) is 8.12. The fourth-order valence-corrected chi connectivity index (χ4v) is 2.73. The Morgan fingerprint density at radius 1 is 1.14 bits per heavy atom. The van der Waals surface area contributed by atoms with Crippen LogP contribution in [0.1, 0.15) is 17.3 Å². The molecule has 3 nitrogen and oxygen atoms in total. The highest BCUT2D eigenvalue weighted by Gasteiger charge is 2.12.